The molecule has 1 aromatic heterocycles. The van der Waals surface area contributed by atoms with E-state index in [1.165, 1.54) is 11.1 Å². The predicted octanol–water partition coefficient (Wildman–Crippen LogP) is 0.219. The summed E-state index contributed by atoms with van der Waals surface area (Å²) in [6.07, 6.45) is 2.93. The summed E-state index contributed by atoms with van der Waals surface area (Å²) in [7, 11) is 0. The Morgan fingerprint density at radius 3 is 2.87 bits per heavy atom. The van der Waals surface area contributed by atoms with E-state index in [2.05, 4.69) is 10.3 Å². The normalized spacial score (nSPS) is 16.5. The number of aromatic nitrogens is 1. The molecule has 0 radical (unpaired) electrons. The second-order valence-electron chi connectivity index (χ2n) is 2.97. The van der Waals surface area contributed by atoms with Crippen LogP contribution in [0.3, 0.4) is 0 Å². The summed E-state index contributed by atoms with van der Waals surface area (Å²) < 4.78 is 0. The average Bonchev–Trinajstić information content (AvgIpc) is 2.17. The van der Waals surface area contributed by atoms with E-state index in [9.17, 15) is 9.59 Å². The number of rotatable bonds is 1. The van der Waals surface area contributed by atoms with Gasteiger partial charge in [-0.15, -0.1) is 0 Å². The summed E-state index contributed by atoms with van der Waals surface area (Å²) in [5.41, 5.74) is 0.563. The molecular formula is C9H7N3O2S. The highest BCUT2D eigenvalue weighted by Crippen LogP contribution is 2.15. The molecular weight excluding hydrogens is 214 g/mol. The summed E-state index contributed by atoms with van der Waals surface area (Å²) >= 11 is 4.91. The minimum atomic E-state index is -0.370. The van der Waals surface area contributed by atoms with Crippen LogP contribution in [0.1, 0.15) is 6.42 Å². The molecule has 2 heterocycles. The van der Waals surface area contributed by atoms with Crippen LogP contribution in [0.4, 0.5) is 5.69 Å². The Bertz CT molecular complexity index is 412. The third-order valence-corrected chi connectivity index (χ3v) is 2.20. The molecule has 1 aromatic rings. The van der Waals surface area contributed by atoms with Crippen molar-refractivity contribution in [2.24, 2.45) is 0 Å². The minimum absolute atomic E-state index is 0.101. The van der Waals surface area contributed by atoms with Crippen LogP contribution in [0.15, 0.2) is 24.5 Å². The van der Waals surface area contributed by atoms with Crippen molar-refractivity contribution in [1.29, 1.82) is 0 Å². The number of carbonyl (C=O) groups is 2. The predicted molar refractivity (Wildman–Crippen MR) is 57.1 cm³/mol. The molecule has 0 atom stereocenters. The molecule has 0 bridgehead atoms. The van der Waals surface area contributed by atoms with Gasteiger partial charge in [-0.1, -0.05) is 0 Å². The lowest BCUT2D eigenvalue weighted by atomic mass is 10.2. The van der Waals surface area contributed by atoms with E-state index >= 15 is 0 Å². The van der Waals surface area contributed by atoms with E-state index in [-0.39, 0.29) is 23.3 Å². The minimum Gasteiger partial charge on any atom is -0.302 e. The highest BCUT2D eigenvalue weighted by Gasteiger charge is 2.29. The van der Waals surface area contributed by atoms with Crippen molar-refractivity contribution in [3.8, 4) is 0 Å². The molecule has 0 aromatic carbocycles. The van der Waals surface area contributed by atoms with Gasteiger partial charge < -0.3 is 5.32 Å². The average molecular weight is 221 g/mol. The first-order valence-electron chi connectivity index (χ1n) is 4.25. The van der Waals surface area contributed by atoms with Crippen LogP contribution in [-0.4, -0.2) is 21.9 Å². The van der Waals surface area contributed by atoms with Crippen molar-refractivity contribution in [3.63, 3.8) is 0 Å². The lowest BCUT2D eigenvalue weighted by molar-refractivity contribution is -0.127. The Labute approximate surface area is 91.1 Å². The molecule has 1 saturated heterocycles. The van der Waals surface area contributed by atoms with Gasteiger partial charge in [-0.3, -0.25) is 19.5 Å². The standard InChI is InChI=1S/C9H7N3O2S/c13-7-4-8(14)12(9(15)11-7)6-2-1-3-10-5-6/h1-3,5H,4H2,(H,11,13,15). The first-order chi connectivity index (χ1) is 7.18. The Balaban J connectivity index is 2.33. The van der Waals surface area contributed by atoms with E-state index in [1.54, 1.807) is 18.3 Å². The molecule has 1 aliphatic heterocycles. The van der Waals surface area contributed by atoms with Crippen molar-refractivity contribution >= 4 is 34.8 Å². The van der Waals surface area contributed by atoms with E-state index in [0.29, 0.717) is 5.69 Å². The molecule has 6 heteroatoms. The third kappa shape index (κ3) is 1.84. The molecule has 2 rings (SSSR count). The topological polar surface area (TPSA) is 62.3 Å². The number of carbonyl (C=O) groups excluding carboxylic acids is 2. The summed E-state index contributed by atoms with van der Waals surface area (Å²) in [5, 5.41) is 2.53. The van der Waals surface area contributed by atoms with Gasteiger partial charge in [0.2, 0.25) is 11.8 Å². The Kier molecular flexibility index (Phi) is 2.42. The van der Waals surface area contributed by atoms with Crippen LogP contribution in [0.5, 0.6) is 0 Å². The molecule has 1 aliphatic rings. The molecule has 76 valence electrons. The monoisotopic (exact) mass is 221 g/mol. The van der Waals surface area contributed by atoms with Gasteiger partial charge in [0.05, 0.1) is 11.9 Å². The van der Waals surface area contributed by atoms with E-state index in [1.807, 2.05) is 0 Å². The van der Waals surface area contributed by atoms with Crippen molar-refractivity contribution in [1.82, 2.24) is 10.3 Å². The van der Waals surface area contributed by atoms with Crippen molar-refractivity contribution in [2.45, 2.75) is 6.42 Å². The number of amides is 2. The maximum absolute atomic E-state index is 11.6. The van der Waals surface area contributed by atoms with Gasteiger partial charge in [-0.2, -0.15) is 0 Å². The molecule has 0 spiro atoms. The van der Waals surface area contributed by atoms with Gasteiger partial charge in [-0.25, -0.2) is 0 Å². The maximum Gasteiger partial charge on any atom is 0.242 e. The quantitative estimate of drug-likeness (QED) is 0.544. The highest BCUT2D eigenvalue weighted by atomic mass is 32.1. The second-order valence-corrected chi connectivity index (χ2v) is 3.36. The van der Waals surface area contributed by atoms with Gasteiger partial charge in [0.25, 0.3) is 0 Å². The maximum atomic E-state index is 11.6. The summed E-state index contributed by atoms with van der Waals surface area (Å²) in [6.45, 7) is 0. The van der Waals surface area contributed by atoms with Gasteiger partial charge in [-0.05, 0) is 24.4 Å². The van der Waals surface area contributed by atoms with E-state index in [0.717, 1.165) is 0 Å². The van der Waals surface area contributed by atoms with Crippen molar-refractivity contribution < 1.29 is 9.59 Å². The number of thiocarbonyl (C=S) groups is 1. The zero-order chi connectivity index (χ0) is 10.8. The van der Waals surface area contributed by atoms with Crippen LogP contribution in [0, 0.1) is 0 Å². The fourth-order valence-corrected chi connectivity index (χ4v) is 1.62. The largest absolute Gasteiger partial charge is 0.302 e. The Morgan fingerprint density at radius 1 is 1.47 bits per heavy atom. The number of nitrogens with zero attached hydrogens (tertiary/aromatic N) is 2. The molecule has 0 aliphatic carbocycles. The number of hydrogen-bond acceptors (Lipinski definition) is 4. The Morgan fingerprint density at radius 2 is 2.27 bits per heavy atom. The smallest absolute Gasteiger partial charge is 0.242 e. The zero-order valence-corrected chi connectivity index (χ0v) is 8.45. The molecule has 1 N–H and O–H groups in total. The number of hydrogen-bond donors (Lipinski definition) is 1. The van der Waals surface area contributed by atoms with Gasteiger partial charge in [0.15, 0.2) is 5.11 Å². The molecule has 2 amide bonds. The van der Waals surface area contributed by atoms with Crippen LogP contribution >= 0.6 is 12.2 Å². The highest BCUT2D eigenvalue weighted by molar-refractivity contribution is 7.80. The van der Waals surface area contributed by atoms with Crippen molar-refractivity contribution in [3.05, 3.63) is 24.5 Å². The van der Waals surface area contributed by atoms with Crippen LogP contribution < -0.4 is 10.2 Å². The van der Waals surface area contributed by atoms with Crippen LogP contribution in [0.25, 0.3) is 0 Å². The van der Waals surface area contributed by atoms with Gasteiger partial charge in [0.1, 0.15) is 6.42 Å². The molecule has 0 saturated carbocycles. The number of anilines is 1. The number of nitrogens with one attached hydrogen (secondary N) is 1. The molecule has 5 nitrogen and oxygen atoms in total. The second kappa shape index (κ2) is 3.74. The summed E-state index contributed by atoms with van der Waals surface area (Å²) in [6, 6.07) is 3.40. The first kappa shape index (κ1) is 9.72. The zero-order valence-electron chi connectivity index (χ0n) is 7.64. The lowest BCUT2D eigenvalue weighted by Crippen LogP contribution is -2.52. The number of pyridine rings is 1. The first-order valence-corrected chi connectivity index (χ1v) is 4.66. The molecule has 15 heavy (non-hydrogen) atoms. The molecule has 1 fully saturated rings. The van der Waals surface area contributed by atoms with E-state index in [4.69, 9.17) is 12.2 Å². The Hall–Kier alpha value is -1.82. The fraction of sp³-hybridized carbons (Fsp3) is 0.111. The van der Waals surface area contributed by atoms with Crippen LogP contribution in [-0.2, 0) is 9.59 Å². The fourth-order valence-electron chi connectivity index (χ4n) is 1.30. The SMILES string of the molecule is O=C1CC(=O)N(c2cccnc2)C(=S)N1. The van der Waals surface area contributed by atoms with Gasteiger partial charge >= 0.3 is 0 Å². The lowest BCUT2D eigenvalue weighted by Gasteiger charge is -2.26. The van der Waals surface area contributed by atoms with Gasteiger partial charge in [0, 0.05) is 6.20 Å². The summed E-state index contributed by atoms with van der Waals surface area (Å²) in [4.78, 5) is 27.7. The van der Waals surface area contributed by atoms with Crippen molar-refractivity contribution in [2.75, 3.05) is 4.90 Å². The third-order valence-electron chi connectivity index (χ3n) is 1.91. The summed E-state index contributed by atoms with van der Waals surface area (Å²) in [5.74, 6) is -0.707. The van der Waals surface area contributed by atoms with E-state index < -0.39 is 0 Å². The molecule has 0 unspecified atom stereocenters. The van der Waals surface area contributed by atoms with Crippen LogP contribution in [0.2, 0.25) is 0 Å².